The number of anilines is 1. The molecule has 8 heteroatoms. The van der Waals surface area contributed by atoms with Crippen LogP contribution in [0, 0.1) is 0 Å². The largest absolute Gasteiger partial charge is 0.463 e. The van der Waals surface area contributed by atoms with Gasteiger partial charge in [0.1, 0.15) is 5.82 Å². The maximum absolute atomic E-state index is 13.3. The predicted octanol–water partition coefficient (Wildman–Crippen LogP) is 2.01. The van der Waals surface area contributed by atoms with E-state index in [1.54, 1.807) is 38.5 Å². The second kappa shape index (κ2) is 8.06. The predicted molar refractivity (Wildman–Crippen MR) is 117 cm³/mol. The zero-order valence-electron chi connectivity index (χ0n) is 17.5. The number of pyridine rings is 1. The van der Waals surface area contributed by atoms with E-state index < -0.39 is 23.1 Å². The quantitative estimate of drug-likeness (QED) is 0.652. The molecule has 1 aromatic carbocycles. The van der Waals surface area contributed by atoms with Gasteiger partial charge in [-0.2, -0.15) is 0 Å². The molecule has 1 atom stereocenters. The van der Waals surface area contributed by atoms with Crippen molar-refractivity contribution < 1.29 is 9.53 Å². The van der Waals surface area contributed by atoms with E-state index in [-0.39, 0.29) is 6.61 Å². The molecule has 8 nitrogen and oxygen atoms in total. The summed E-state index contributed by atoms with van der Waals surface area (Å²) in [4.78, 5) is 43.2. The topological polar surface area (TPSA) is 95.2 Å². The molecule has 0 amide bonds. The lowest BCUT2D eigenvalue weighted by atomic mass is 9.81. The lowest BCUT2D eigenvalue weighted by Crippen LogP contribution is -2.43. The average molecular weight is 418 g/mol. The number of benzene rings is 1. The Morgan fingerprint density at radius 1 is 1.06 bits per heavy atom. The van der Waals surface area contributed by atoms with Crippen LogP contribution in [-0.2, 0) is 23.6 Å². The summed E-state index contributed by atoms with van der Waals surface area (Å²) in [7, 11) is 3.02. The molecular formula is C23H22N4O4. The van der Waals surface area contributed by atoms with Crippen molar-refractivity contribution in [1.29, 1.82) is 0 Å². The molecule has 0 spiro atoms. The molecule has 1 N–H and O–H groups in total. The Morgan fingerprint density at radius 2 is 1.74 bits per heavy atom. The minimum atomic E-state index is -0.737. The molecule has 0 saturated heterocycles. The minimum Gasteiger partial charge on any atom is -0.463 e. The van der Waals surface area contributed by atoms with Crippen molar-refractivity contribution >= 4 is 17.5 Å². The number of rotatable bonds is 4. The summed E-state index contributed by atoms with van der Waals surface area (Å²) in [5.74, 6) is -0.918. The maximum atomic E-state index is 13.3. The molecule has 31 heavy (non-hydrogen) atoms. The van der Waals surface area contributed by atoms with E-state index in [0.717, 1.165) is 10.1 Å². The number of hydrogen-bond acceptors (Lipinski definition) is 6. The van der Waals surface area contributed by atoms with Gasteiger partial charge in [0.15, 0.2) is 0 Å². The van der Waals surface area contributed by atoms with Gasteiger partial charge in [-0.1, -0.05) is 30.3 Å². The van der Waals surface area contributed by atoms with Crippen molar-refractivity contribution in [2.45, 2.75) is 12.8 Å². The molecule has 3 heterocycles. The lowest BCUT2D eigenvalue weighted by Gasteiger charge is -2.32. The van der Waals surface area contributed by atoms with Gasteiger partial charge in [-0.25, -0.2) is 9.59 Å². The van der Waals surface area contributed by atoms with Crippen molar-refractivity contribution in [3.63, 3.8) is 0 Å². The fraction of sp³-hybridized carbons (Fsp3) is 0.217. The van der Waals surface area contributed by atoms with Crippen LogP contribution >= 0.6 is 0 Å². The van der Waals surface area contributed by atoms with Gasteiger partial charge in [-0.05, 0) is 30.2 Å². The third kappa shape index (κ3) is 3.35. The molecule has 0 radical (unpaired) electrons. The Balaban J connectivity index is 2.13. The van der Waals surface area contributed by atoms with Crippen LogP contribution in [0.15, 0.2) is 70.0 Å². The molecule has 0 fully saturated rings. The van der Waals surface area contributed by atoms with Gasteiger partial charge in [0.25, 0.3) is 5.56 Å². The first-order valence-electron chi connectivity index (χ1n) is 9.89. The second-order valence-corrected chi connectivity index (χ2v) is 7.18. The fourth-order valence-electron chi connectivity index (χ4n) is 3.91. The van der Waals surface area contributed by atoms with Crippen LogP contribution in [0.4, 0.5) is 5.82 Å². The van der Waals surface area contributed by atoms with E-state index >= 15 is 0 Å². The van der Waals surface area contributed by atoms with E-state index in [0.29, 0.717) is 28.2 Å². The molecule has 1 aliphatic rings. The smallest absolute Gasteiger partial charge is 0.337 e. The molecule has 2 aromatic heterocycles. The molecule has 0 bridgehead atoms. The van der Waals surface area contributed by atoms with E-state index in [2.05, 4.69) is 10.3 Å². The Hall–Kier alpha value is -3.94. The van der Waals surface area contributed by atoms with Gasteiger partial charge in [-0.3, -0.25) is 18.9 Å². The Morgan fingerprint density at radius 3 is 2.39 bits per heavy atom. The van der Waals surface area contributed by atoms with E-state index in [9.17, 15) is 14.4 Å². The van der Waals surface area contributed by atoms with Crippen LogP contribution in [0.1, 0.15) is 29.5 Å². The number of hydrogen-bond donors (Lipinski definition) is 1. The van der Waals surface area contributed by atoms with Crippen LogP contribution < -0.4 is 16.6 Å². The first-order chi connectivity index (χ1) is 15.0. The highest BCUT2D eigenvalue weighted by Gasteiger charge is 2.38. The molecule has 0 unspecified atom stereocenters. The summed E-state index contributed by atoms with van der Waals surface area (Å²) in [5.41, 5.74) is 1.61. The van der Waals surface area contributed by atoms with Crippen molar-refractivity contribution in [3.8, 4) is 0 Å². The van der Waals surface area contributed by atoms with E-state index in [1.165, 1.54) is 11.6 Å². The van der Waals surface area contributed by atoms with Crippen LogP contribution in [0.2, 0.25) is 0 Å². The summed E-state index contributed by atoms with van der Waals surface area (Å²) < 4.78 is 7.83. The van der Waals surface area contributed by atoms with Crippen molar-refractivity contribution in [2.75, 3.05) is 11.9 Å². The summed E-state index contributed by atoms with van der Waals surface area (Å²) in [6.07, 6.45) is 3.21. The summed E-state index contributed by atoms with van der Waals surface area (Å²) in [5, 5.41) is 3.19. The summed E-state index contributed by atoms with van der Waals surface area (Å²) in [6.45, 7) is 1.92. The molecule has 4 rings (SSSR count). The Bertz CT molecular complexity index is 1290. The number of ether oxygens (including phenoxy) is 1. The highest BCUT2D eigenvalue weighted by molar-refractivity contribution is 6.04. The first kappa shape index (κ1) is 20.3. The normalized spacial score (nSPS) is 15.3. The number of aromatic nitrogens is 3. The van der Waals surface area contributed by atoms with Gasteiger partial charge in [0, 0.05) is 26.5 Å². The number of nitrogens with zero attached hydrogens (tertiary/aromatic N) is 3. The average Bonchev–Trinajstić information content (AvgIpc) is 2.81. The van der Waals surface area contributed by atoms with E-state index in [4.69, 9.17) is 4.74 Å². The van der Waals surface area contributed by atoms with Gasteiger partial charge >= 0.3 is 11.7 Å². The Labute approximate surface area is 178 Å². The monoisotopic (exact) mass is 418 g/mol. The van der Waals surface area contributed by atoms with Gasteiger partial charge in [0.2, 0.25) is 0 Å². The van der Waals surface area contributed by atoms with Crippen LogP contribution in [0.5, 0.6) is 0 Å². The number of nitrogens with one attached hydrogen (secondary N) is 1. The summed E-state index contributed by atoms with van der Waals surface area (Å²) in [6, 6.07) is 12.8. The number of carbonyl (C=O) groups is 1. The zero-order chi connectivity index (χ0) is 22.1. The van der Waals surface area contributed by atoms with Crippen molar-refractivity contribution in [1.82, 2.24) is 14.1 Å². The SMILES string of the molecule is CCOC(=O)C1=C(c2ccccc2)Nc2c(c(=O)n(C)c(=O)n2C)[C@@H]1c1ccncc1. The lowest BCUT2D eigenvalue weighted by molar-refractivity contribution is -0.138. The maximum Gasteiger partial charge on any atom is 0.337 e. The highest BCUT2D eigenvalue weighted by atomic mass is 16.5. The van der Waals surface area contributed by atoms with Gasteiger partial charge < -0.3 is 10.1 Å². The molecular weight excluding hydrogens is 396 g/mol. The van der Waals surface area contributed by atoms with Crippen molar-refractivity contribution in [2.24, 2.45) is 14.1 Å². The third-order valence-electron chi connectivity index (χ3n) is 5.39. The highest BCUT2D eigenvalue weighted by Crippen LogP contribution is 2.42. The van der Waals surface area contributed by atoms with Gasteiger partial charge in [0.05, 0.1) is 29.4 Å². The Kier molecular flexibility index (Phi) is 5.29. The van der Waals surface area contributed by atoms with Crippen molar-refractivity contribution in [3.05, 3.63) is 98.0 Å². The standard InChI is InChI=1S/C23H22N4O4/c1-4-31-22(29)17-16(14-10-12-24-13-11-14)18-20(26(2)23(30)27(3)21(18)28)25-19(17)15-8-6-5-7-9-15/h5-13,16,25H,4H2,1-3H3/t16-/m1/s1. The van der Waals surface area contributed by atoms with E-state index in [1.807, 2.05) is 30.3 Å². The summed E-state index contributed by atoms with van der Waals surface area (Å²) >= 11 is 0. The van der Waals surface area contributed by atoms with Gasteiger partial charge in [-0.15, -0.1) is 0 Å². The third-order valence-corrected chi connectivity index (χ3v) is 5.39. The molecule has 0 aliphatic carbocycles. The zero-order valence-corrected chi connectivity index (χ0v) is 17.5. The number of esters is 1. The fourth-order valence-corrected chi connectivity index (χ4v) is 3.91. The number of fused-ring (bicyclic) bond motifs is 1. The molecule has 158 valence electrons. The number of carbonyl (C=O) groups excluding carboxylic acids is 1. The molecule has 1 aliphatic heterocycles. The van der Waals surface area contributed by atoms with Crippen LogP contribution in [0.25, 0.3) is 5.70 Å². The van der Waals surface area contributed by atoms with Crippen LogP contribution in [-0.4, -0.2) is 26.7 Å². The molecule has 3 aromatic rings. The second-order valence-electron chi connectivity index (χ2n) is 7.18. The van der Waals surface area contributed by atoms with Crippen LogP contribution in [0.3, 0.4) is 0 Å². The molecule has 0 saturated carbocycles. The minimum absolute atomic E-state index is 0.186. The first-order valence-corrected chi connectivity index (χ1v) is 9.89.